The molecule has 0 saturated carbocycles. The van der Waals surface area contributed by atoms with Crippen molar-refractivity contribution in [1.29, 1.82) is 0 Å². The molecular formula is C76H120N8O24S. The lowest BCUT2D eigenvalue weighted by atomic mass is 9.81. The molecule has 5 amide bonds. The number of aliphatic hydroxyl groups is 1. The Hall–Kier alpha value is -4.96. The number of ether oxygens (including phenoxy) is 17. The van der Waals surface area contributed by atoms with Crippen LogP contribution in [-0.4, -0.2) is 305 Å². The number of aromatic amines is 1. The van der Waals surface area contributed by atoms with Crippen LogP contribution in [0.5, 0.6) is 0 Å². The van der Waals surface area contributed by atoms with Gasteiger partial charge in [-0.3, -0.25) is 28.8 Å². The van der Waals surface area contributed by atoms with E-state index >= 15 is 0 Å². The molecule has 0 aromatic carbocycles. The molecule has 1 aromatic heterocycles. The van der Waals surface area contributed by atoms with Gasteiger partial charge in [0.1, 0.15) is 55.0 Å². The second kappa shape index (κ2) is 44.1. The first-order valence-electron chi connectivity index (χ1n) is 39.4. The van der Waals surface area contributed by atoms with Gasteiger partial charge in [0.15, 0.2) is 10.6 Å². The number of Topliss-reactive ketones (excluding diaryl/α,β-unsaturated/α-hetero) is 1. The van der Waals surface area contributed by atoms with Gasteiger partial charge in [0.2, 0.25) is 23.6 Å². The van der Waals surface area contributed by atoms with E-state index < -0.39 is 96.7 Å². The van der Waals surface area contributed by atoms with E-state index in [-0.39, 0.29) is 131 Å². The van der Waals surface area contributed by atoms with Crippen LogP contribution in [0.2, 0.25) is 0 Å². The Balaban J connectivity index is 0.594. The van der Waals surface area contributed by atoms with E-state index in [1.54, 1.807) is 21.0 Å². The first kappa shape index (κ1) is 86.4. The molecule has 0 radical (unpaired) electrons. The zero-order chi connectivity index (χ0) is 77.2. The van der Waals surface area contributed by atoms with Gasteiger partial charge in [-0.2, -0.15) is 0 Å². The van der Waals surface area contributed by atoms with Crippen molar-refractivity contribution in [3.05, 3.63) is 47.0 Å². The van der Waals surface area contributed by atoms with Crippen LogP contribution in [0, 0.1) is 22.5 Å². The maximum atomic E-state index is 14.6. The van der Waals surface area contributed by atoms with E-state index in [1.165, 1.54) is 12.4 Å². The topological polar surface area (TPSA) is 394 Å². The average molecular weight is 1560 g/mol. The molecule has 10 aliphatic rings. The molecule has 10 fully saturated rings. The van der Waals surface area contributed by atoms with Gasteiger partial charge in [0.05, 0.1) is 178 Å². The number of carbonyl (C=O) groups excluding carboxylic acids is 6. The molecule has 33 heteroatoms. The van der Waals surface area contributed by atoms with Gasteiger partial charge >= 0.3 is 0 Å². The van der Waals surface area contributed by atoms with Gasteiger partial charge in [-0.1, -0.05) is 33.9 Å². The van der Waals surface area contributed by atoms with Crippen molar-refractivity contribution >= 4 is 47.5 Å². The molecule has 10 saturated heterocycles. The first-order valence-corrected chi connectivity index (χ1v) is 39.8. The van der Waals surface area contributed by atoms with Gasteiger partial charge in [-0.25, -0.2) is 4.98 Å². The molecule has 614 valence electrons. The third kappa shape index (κ3) is 25.8. The summed E-state index contributed by atoms with van der Waals surface area (Å²) in [5.41, 5.74) is 8.21. The summed E-state index contributed by atoms with van der Waals surface area (Å²) in [6.45, 7) is 19.6. The second-order valence-corrected chi connectivity index (χ2v) is 30.6. The van der Waals surface area contributed by atoms with E-state index in [1.807, 2.05) is 0 Å². The lowest BCUT2D eigenvalue weighted by molar-refractivity contribution is -0.292. The summed E-state index contributed by atoms with van der Waals surface area (Å²) in [5.74, 6) is -4.15. The Bertz CT molecular complexity index is 3120. The molecule has 21 atom stereocenters. The summed E-state index contributed by atoms with van der Waals surface area (Å²) in [4.78, 5) is 87.2. The normalized spacial score (nSPS) is 31.5. The van der Waals surface area contributed by atoms with E-state index in [4.69, 9.17) is 98.5 Å². The fourth-order valence-electron chi connectivity index (χ4n) is 16.1. The Labute approximate surface area is 644 Å². The predicted molar refractivity (Wildman–Crippen MR) is 393 cm³/mol. The fraction of sp³-hybridized carbons (Fsp3) is 0.816. The summed E-state index contributed by atoms with van der Waals surface area (Å²) in [7, 11) is 1.58. The highest BCUT2D eigenvalue weighted by atomic mass is 32.1. The zero-order valence-electron chi connectivity index (χ0n) is 63.9. The quantitative estimate of drug-likeness (QED) is 0.0264. The lowest BCUT2D eigenvalue weighted by Gasteiger charge is -2.47. The second-order valence-electron chi connectivity index (χ2n) is 30.3. The molecule has 0 aliphatic carbocycles. The molecule has 32 nitrogen and oxygen atoms in total. The predicted octanol–water partition coefficient (Wildman–Crippen LogP) is 2.48. The first-order chi connectivity index (χ1) is 52.8. The number of nitrogens with zero attached hydrogens (tertiary/aromatic N) is 1. The van der Waals surface area contributed by atoms with Gasteiger partial charge < -0.3 is 123 Å². The maximum Gasteiger partial charge on any atom is 0.254 e. The van der Waals surface area contributed by atoms with Crippen molar-refractivity contribution in [3.63, 3.8) is 0 Å². The van der Waals surface area contributed by atoms with Gasteiger partial charge in [-0.05, 0) is 106 Å². The SMILES string of the molecule is C=C1C[C@@H]2CC[C@@]34CC5O[C@H]6[C@@H](O3)[C@H]3O[C@H](CC[C@@H]3O[C@H]6[C@H]5O4)CC(=O)C[C@@H]3[C@@H](OC)[C@@H](C[C@H](O)CNC(=O)CNC(=O)[C@H](CCCCN)NC(=O)[C@@H](NC(=O)COCCOCCOCCOCCOCCOCCOCCOCCNC(=O)c4cnc(=S)[nH]c4)C(C)C)O[C@H]3C[C@H]3O[C@@H](CCC1O2)C[C@@H](C)C3=C. The van der Waals surface area contributed by atoms with Crippen LogP contribution in [0.1, 0.15) is 134 Å². The number of nitrogens with one attached hydrogen (secondary N) is 6. The number of unbranched alkanes of at least 4 members (excludes halogenated alkanes) is 1. The number of rotatable bonds is 43. The van der Waals surface area contributed by atoms with Crippen LogP contribution in [0.4, 0.5) is 0 Å². The van der Waals surface area contributed by atoms with E-state index in [0.717, 1.165) is 43.3 Å². The van der Waals surface area contributed by atoms with E-state index in [0.29, 0.717) is 154 Å². The van der Waals surface area contributed by atoms with E-state index in [2.05, 4.69) is 56.6 Å². The highest BCUT2D eigenvalue weighted by molar-refractivity contribution is 7.71. The van der Waals surface area contributed by atoms with Crippen molar-refractivity contribution in [1.82, 2.24) is 36.6 Å². The van der Waals surface area contributed by atoms with Crippen LogP contribution in [-0.2, 0) is 104 Å². The molecule has 10 aliphatic heterocycles. The Morgan fingerprint density at radius 1 is 0.670 bits per heavy atom. The van der Waals surface area contributed by atoms with Crippen LogP contribution < -0.4 is 32.3 Å². The van der Waals surface area contributed by atoms with Crippen molar-refractivity contribution in [3.8, 4) is 0 Å². The fourth-order valence-corrected chi connectivity index (χ4v) is 16.2. The van der Waals surface area contributed by atoms with Crippen molar-refractivity contribution < 1.29 is 114 Å². The number of nitrogens with two attached hydrogens (primary N) is 1. The molecule has 1 aromatic rings. The van der Waals surface area contributed by atoms with Crippen molar-refractivity contribution in [2.75, 3.05) is 139 Å². The minimum Gasteiger partial charge on any atom is -0.391 e. The van der Waals surface area contributed by atoms with Gasteiger partial charge in [0.25, 0.3) is 5.91 Å². The molecule has 12 bridgehead atoms. The largest absolute Gasteiger partial charge is 0.391 e. The molecule has 11 heterocycles. The minimum absolute atomic E-state index is 0.0121. The zero-order valence-corrected chi connectivity index (χ0v) is 64.7. The Morgan fingerprint density at radius 3 is 1.96 bits per heavy atom. The monoisotopic (exact) mass is 1560 g/mol. The number of hydrogen-bond donors (Lipinski definition) is 8. The van der Waals surface area contributed by atoms with Gasteiger partial charge in [-0.15, -0.1) is 0 Å². The highest BCUT2D eigenvalue weighted by Gasteiger charge is 2.69. The highest BCUT2D eigenvalue weighted by Crippen LogP contribution is 2.55. The maximum absolute atomic E-state index is 14.6. The van der Waals surface area contributed by atoms with Crippen molar-refractivity contribution in [2.24, 2.45) is 23.5 Å². The van der Waals surface area contributed by atoms with Gasteiger partial charge in [0, 0.05) is 77.0 Å². The summed E-state index contributed by atoms with van der Waals surface area (Å²) < 4.78 is 105. The van der Waals surface area contributed by atoms with Crippen LogP contribution in [0.3, 0.4) is 0 Å². The average Bonchev–Trinajstić information content (AvgIpc) is 1.55. The molecule has 2 unspecified atom stereocenters. The summed E-state index contributed by atoms with van der Waals surface area (Å²) in [5, 5.41) is 25.2. The number of aromatic nitrogens is 2. The number of hydrogen-bond acceptors (Lipinski definition) is 27. The number of carbonyl (C=O) groups is 6. The van der Waals surface area contributed by atoms with E-state index in [9.17, 15) is 33.9 Å². The number of H-pyrrole nitrogens is 1. The molecule has 1 spiro atoms. The molecule has 11 rings (SSSR count). The van der Waals surface area contributed by atoms with Crippen molar-refractivity contribution in [2.45, 2.75) is 239 Å². The number of amides is 5. The summed E-state index contributed by atoms with van der Waals surface area (Å²) >= 11 is 4.88. The number of methoxy groups -OCH3 is 1. The minimum atomic E-state index is -1.13. The van der Waals surface area contributed by atoms with Crippen LogP contribution in [0.15, 0.2) is 36.7 Å². The lowest BCUT2D eigenvalue weighted by Crippen LogP contribution is -2.61. The standard InChI is InChI=1S/C76H120N8O24S/c1-45(2)65(84-64(88)44-100-32-31-99-30-29-98-28-27-97-26-25-96-24-23-95-22-21-94-20-19-93-18-17-78-72(89)49-40-81-75(109)82-41-49)74(91)83-56(9-7-8-16-77)73(90)80-43-63(87)79-42-51(86)37-61-66(92-6)55-36-50(85)35-53-11-13-58-67(103-53)71-70-69(105-58)68-62(106-70)39-76(107-68,108-71)15-14-54-34-47(4)57(101-54)12-10-52-33-46(3)48(5)59(102-52)38-60(55)104-61/h40-41,45-46,51-62,65-71,86H,4-5,7-39,42-44,77H2,1-3,6H3,(H,78,89)(H,79,87)(H,80,90)(H,83,91)(H,84,88)(H,81,82,109)/t46-,51+,52+,53-,54+,55+,56+,57?,58+,59-,60+,61-,62?,65+,66-,67+,68+,69+,70-,71+,76+/m1/s1. The third-order valence-electron chi connectivity index (χ3n) is 21.8. The van der Waals surface area contributed by atoms with Crippen LogP contribution >= 0.6 is 12.2 Å². The molecular weight excluding hydrogens is 1440 g/mol. The molecule has 9 N–H and O–H groups in total. The number of ketones is 1. The summed E-state index contributed by atoms with van der Waals surface area (Å²) in [6, 6.07) is -2.09. The number of aliphatic hydroxyl groups excluding tert-OH is 1. The Kier molecular flexibility index (Phi) is 34.9. The number of fused-ring (bicyclic) bond motifs is 6. The Morgan fingerprint density at radius 2 is 1.30 bits per heavy atom. The smallest absolute Gasteiger partial charge is 0.254 e. The summed E-state index contributed by atoms with van der Waals surface area (Å²) in [6.07, 6.45) is 5.24. The van der Waals surface area contributed by atoms with Crippen LogP contribution in [0.25, 0.3) is 0 Å². The third-order valence-corrected chi connectivity index (χ3v) is 22.0. The molecule has 109 heavy (non-hydrogen) atoms.